The molecular formula is C17H18O5. The molecule has 2 N–H and O–H groups in total. The van der Waals surface area contributed by atoms with Gasteiger partial charge in [-0.15, -0.1) is 0 Å². The molecule has 1 heterocycles. The van der Waals surface area contributed by atoms with Crippen LogP contribution in [0, 0.1) is 0 Å². The van der Waals surface area contributed by atoms with Crippen molar-refractivity contribution in [3.63, 3.8) is 0 Å². The monoisotopic (exact) mass is 302 g/mol. The maximum Gasteiger partial charge on any atom is 0.164 e. The zero-order valence-electron chi connectivity index (χ0n) is 12.5. The number of benzene rings is 2. The first-order valence-electron chi connectivity index (χ1n) is 7.02. The van der Waals surface area contributed by atoms with Crippen LogP contribution in [0.2, 0.25) is 0 Å². The quantitative estimate of drug-likeness (QED) is 0.912. The second-order valence-corrected chi connectivity index (χ2v) is 5.27. The Balaban J connectivity index is 1.94. The number of hydrogen-bond acceptors (Lipinski definition) is 5. The third kappa shape index (κ3) is 2.50. The van der Waals surface area contributed by atoms with Crippen molar-refractivity contribution in [3.05, 3.63) is 41.5 Å². The van der Waals surface area contributed by atoms with Crippen LogP contribution in [0.25, 0.3) is 0 Å². The number of fused-ring (bicyclic) bond motifs is 1. The lowest BCUT2D eigenvalue weighted by Gasteiger charge is -2.26. The van der Waals surface area contributed by atoms with Gasteiger partial charge in [-0.1, -0.05) is 6.07 Å². The van der Waals surface area contributed by atoms with Gasteiger partial charge in [0, 0.05) is 23.6 Å². The summed E-state index contributed by atoms with van der Waals surface area (Å²) >= 11 is 0. The van der Waals surface area contributed by atoms with E-state index in [1.807, 2.05) is 6.07 Å². The Morgan fingerprint density at radius 3 is 2.50 bits per heavy atom. The number of rotatable bonds is 3. The van der Waals surface area contributed by atoms with Gasteiger partial charge in [0.2, 0.25) is 0 Å². The molecule has 3 rings (SSSR count). The van der Waals surface area contributed by atoms with E-state index in [1.165, 1.54) is 7.11 Å². The predicted octanol–water partition coefficient (Wildman–Crippen LogP) is 2.83. The van der Waals surface area contributed by atoms with E-state index in [-0.39, 0.29) is 17.4 Å². The molecule has 2 aromatic carbocycles. The van der Waals surface area contributed by atoms with Gasteiger partial charge in [0.1, 0.15) is 17.2 Å². The lowest BCUT2D eigenvalue weighted by atomic mass is 9.89. The van der Waals surface area contributed by atoms with Crippen LogP contribution in [0.1, 0.15) is 17.0 Å². The molecule has 1 atom stereocenters. The Morgan fingerprint density at radius 1 is 1.05 bits per heavy atom. The summed E-state index contributed by atoms with van der Waals surface area (Å²) in [4.78, 5) is 0. The molecule has 0 spiro atoms. The van der Waals surface area contributed by atoms with Crippen molar-refractivity contribution in [2.75, 3.05) is 20.8 Å². The van der Waals surface area contributed by atoms with Crippen molar-refractivity contribution in [3.8, 4) is 28.7 Å². The van der Waals surface area contributed by atoms with E-state index >= 15 is 0 Å². The first-order chi connectivity index (χ1) is 10.6. The molecule has 0 saturated heterocycles. The van der Waals surface area contributed by atoms with E-state index in [4.69, 9.17) is 14.2 Å². The third-order valence-electron chi connectivity index (χ3n) is 3.93. The Morgan fingerprint density at radius 2 is 1.77 bits per heavy atom. The van der Waals surface area contributed by atoms with Crippen LogP contribution < -0.4 is 14.2 Å². The van der Waals surface area contributed by atoms with E-state index in [0.29, 0.717) is 23.9 Å². The maximum atomic E-state index is 10.3. The molecular weight excluding hydrogens is 284 g/mol. The van der Waals surface area contributed by atoms with Gasteiger partial charge in [-0.2, -0.15) is 0 Å². The summed E-state index contributed by atoms with van der Waals surface area (Å²) < 4.78 is 16.2. The van der Waals surface area contributed by atoms with Crippen LogP contribution in [-0.2, 0) is 6.42 Å². The van der Waals surface area contributed by atoms with E-state index < -0.39 is 0 Å². The van der Waals surface area contributed by atoms with Crippen LogP contribution in [0.15, 0.2) is 30.3 Å². The van der Waals surface area contributed by atoms with Crippen molar-refractivity contribution in [2.24, 2.45) is 0 Å². The molecule has 0 bridgehead atoms. The molecule has 0 aromatic heterocycles. The summed E-state index contributed by atoms with van der Waals surface area (Å²) in [6.45, 7) is 0.430. The van der Waals surface area contributed by atoms with E-state index in [9.17, 15) is 10.2 Å². The highest BCUT2D eigenvalue weighted by atomic mass is 16.5. The van der Waals surface area contributed by atoms with Crippen LogP contribution in [-0.4, -0.2) is 31.0 Å². The van der Waals surface area contributed by atoms with Crippen LogP contribution in [0.4, 0.5) is 0 Å². The number of hydrogen-bond donors (Lipinski definition) is 2. The Bertz CT molecular complexity index is 696. The molecule has 1 unspecified atom stereocenters. The number of ether oxygens (including phenoxy) is 3. The Kier molecular flexibility index (Phi) is 3.71. The van der Waals surface area contributed by atoms with Gasteiger partial charge >= 0.3 is 0 Å². The number of phenols is 2. The molecule has 1 aliphatic rings. The van der Waals surface area contributed by atoms with Gasteiger partial charge < -0.3 is 24.4 Å². The second-order valence-electron chi connectivity index (χ2n) is 5.27. The van der Waals surface area contributed by atoms with Gasteiger partial charge in [-0.3, -0.25) is 0 Å². The fraction of sp³-hybridized carbons (Fsp3) is 0.294. The zero-order chi connectivity index (χ0) is 15.7. The number of phenolic OH excluding ortho intramolecular Hbond substituents is 2. The molecule has 5 heteroatoms. The van der Waals surface area contributed by atoms with Crippen molar-refractivity contribution >= 4 is 0 Å². The molecule has 0 radical (unpaired) electrons. The number of methoxy groups -OCH3 is 2. The highest BCUT2D eigenvalue weighted by Gasteiger charge is 2.25. The highest BCUT2D eigenvalue weighted by Crippen LogP contribution is 2.41. The Labute approximate surface area is 128 Å². The minimum Gasteiger partial charge on any atom is -0.508 e. The van der Waals surface area contributed by atoms with Crippen molar-refractivity contribution in [1.82, 2.24) is 0 Å². The van der Waals surface area contributed by atoms with Gasteiger partial charge in [-0.05, 0) is 24.1 Å². The van der Waals surface area contributed by atoms with E-state index in [2.05, 4.69) is 0 Å². The van der Waals surface area contributed by atoms with Crippen molar-refractivity contribution in [1.29, 1.82) is 0 Å². The minimum atomic E-state index is 0.0110. The van der Waals surface area contributed by atoms with Gasteiger partial charge in [0.15, 0.2) is 11.5 Å². The summed E-state index contributed by atoms with van der Waals surface area (Å²) in [5.41, 5.74) is 1.76. The standard InChI is InChI=1S/C17H18O5/c1-20-16-7-13(14(19)8-17(16)21-2)11-5-10-3-4-12(18)6-15(10)22-9-11/h3-4,6-8,11,18-19H,5,9H2,1-2H3. The average molecular weight is 302 g/mol. The predicted molar refractivity (Wildman–Crippen MR) is 81.3 cm³/mol. The fourth-order valence-electron chi connectivity index (χ4n) is 2.77. The van der Waals surface area contributed by atoms with Crippen LogP contribution in [0.5, 0.6) is 28.7 Å². The molecule has 0 saturated carbocycles. The van der Waals surface area contributed by atoms with Gasteiger partial charge in [0.25, 0.3) is 0 Å². The SMILES string of the molecule is COc1cc(O)c(C2COc3cc(O)ccc3C2)cc1OC. The molecule has 2 aromatic rings. The van der Waals surface area contributed by atoms with Crippen LogP contribution in [0.3, 0.4) is 0 Å². The third-order valence-corrected chi connectivity index (χ3v) is 3.93. The lowest BCUT2D eigenvalue weighted by molar-refractivity contribution is 0.257. The van der Waals surface area contributed by atoms with Gasteiger partial charge in [0.05, 0.1) is 20.8 Å². The first-order valence-corrected chi connectivity index (χ1v) is 7.02. The van der Waals surface area contributed by atoms with E-state index in [1.54, 1.807) is 31.4 Å². The molecule has 1 aliphatic heterocycles. The molecule has 0 amide bonds. The summed E-state index contributed by atoms with van der Waals surface area (Å²) in [5.74, 6) is 2.12. The molecule has 0 fully saturated rings. The normalized spacial score (nSPS) is 16.5. The smallest absolute Gasteiger partial charge is 0.164 e. The summed E-state index contributed by atoms with van der Waals surface area (Å²) in [6.07, 6.45) is 0.721. The zero-order valence-corrected chi connectivity index (χ0v) is 12.5. The summed E-state index contributed by atoms with van der Waals surface area (Å²) in [6, 6.07) is 8.43. The highest BCUT2D eigenvalue weighted by molar-refractivity contribution is 5.52. The molecule has 22 heavy (non-hydrogen) atoms. The van der Waals surface area contributed by atoms with E-state index in [0.717, 1.165) is 17.5 Å². The molecule has 5 nitrogen and oxygen atoms in total. The minimum absolute atomic E-state index is 0.0110. The van der Waals surface area contributed by atoms with Gasteiger partial charge in [-0.25, -0.2) is 0 Å². The largest absolute Gasteiger partial charge is 0.508 e. The summed E-state index contributed by atoms with van der Waals surface area (Å²) in [5, 5.41) is 19.7. The lowest BCUT2D eigenvalue weighted by Crippen LogP contribution is -2.19. The second kappa shape index (κ2) is 5.67. The topological polar surface area (TPSA) is 68.2 Å². The van der Waals surface area contributed by atoms with Crippen molar-refractivity contribution < 1.29 is 24.4 Å². The first kappa shape index (κ1) is 14.4. The Hall–Kier alpha value is -2.56. The maximum absolute atomic E-state index is 10.3. The van der Waals surface area contributed by atoms with Crippen LogP contribution >= 0.6 is 0 Å². The summed E-state index contributed by atoms with van der Waals surface area (Å²) in [7, 11) is 3.09. The van der Waals surface area contributed by atoms with Crippen molar-refractivity contribution in [2.45, 2.75) is 12.3 Å². The number of aromatic hydroxyl groups is 2. The fourth-order valence-corrected chi connectivity index (χ4v) is 2.77. The molecule has 116 valence electrons. The average Bonchev–Trinajstić information content (AvgIpc) is 2.54. The molecule has 0 aliphatic carbocycles.